The largest absolute Gasteiger partial charge is 0.417 e. The van der Waals surface area contributed by atoms with Gasteiger partial charge in [0.15, 0.2) is 0 Å². The molecule has 4 nitrogen and oxygen atoms in total. The molecule has 0 fully saturated rings. The summed E-state index contributed by atoms with van der Waals surface area (Å²) in [5.41, 5.74) is -0.552. The van der Waals surface area contributed by atoms with E-state index in [9.17, 15) is 35.9 Å². The van der Waals surface area contributed by atoms with Crippen molar-refractivity contribution in [2.24, 2.45) is 0 Å². The number of amides is 2. The number of hydrogen-bond acceptors (Lipinski definition) is 2. The van der Waals surface area contributed by atoms with Gasteiger partial charge in [-0.1, -0.05) is 66.7 Å². The minimum Gasteiger partial charge on any atom is -0.308 e. The van der Waals surface area contributed by atoms with Gasteiger partial charge in [-0.3, -0.25) is 9.59 Å². The predicted molar refractivity (Wildman–Crippen MR) is 160 cm³/mol. The van der Waals surface area contributed by atoms with E-state index in [1.165, 1.54) is 22.8 Å². The molecule has 45 heavy (non-hydrogen) atoms. The van der Waals surface area contributed by atoms with Crippen LogP contribution < -0.4 is 4.90 Å². The highest BCUT2D eigenvalue weighted by molar-refractivity contribution is 6.19. The number of imide groups is 1. The third kappa shape index (κ3) is 5.12. The molecular weight excluding hydrogens is 594 g/mol. The maximum absolute atomic E-state index is 14.2. The maximum atomic E-state index is 14.2. The van der Waals surface area contributed by atoms with Crippen LogP contribution in [0.1, 0.15) is 27.0 Å². The molecule has 0 saturated carbocycles. The fraction of sp³-hybridized carbons (Fsp3) is 0.0857. The number of benzene rings is 5. The van der Waals surface area contributed by atoms with Gasteiger partial charge in [0, 0.05) is 10.8 Å². The lowest BCUT2D eigenvalue weighted by Gasteiger charge is -2.21. The highest BCUT2D eigenvalue weighted by atomic mass is 19.4. The zero-order chi connectivity index (χ0) is 32.1. The lowest BCUT2D eigenvalue weighted by molar-refractivity contribution is -0.138. The Kier molecular flexibility index (Phi) is 7.23. The average Bonchev–Trinajstić information content (AvgIpc) is 3.35. The smallest absolute Gasteiger partial charge is 0.308 e. The molecule has 0 atom stereocenters. The first kappa shape index (κ1) is 29.7. The number of anilines is 1. The molecule has 1 heterocycles. The third-order valence-corrected chi connectivity index (χ3v) is 7.71. The van der Waals surface area contributed by atoms with Crippen LogP contribution in [0.25, 0.3) is 38.6 Å². The summed E-state index contributed by atoms with van der Waals surface area (Å²) >= 11 is 0. The Morgan fingerprint density at radius 2 is 1.16 bits per heavy atom. The van der Waals surface area contributed by atoms with Gasteiger partial charge < -0.3 is 4.57 Å². The summed E-state index contributed by atoms with van der Waals surface area (Å²) in [6.45, 7) is 1.58. The topological polar surface area (TPSA) is 42.3 Å². The van der Waals surface area contributed by atoms with Gasteiger partial charge >= 0.3 is 12.4 Å². The number of aromatic nitrogens is 1. The molecular formula is C35H22F6N2O2. The molecule has 5 aromatic carbocycles. The van der Waals surface area contributed by atoms with E-state index in [-0.39, 0.29) is 28.0 Å². The second-order valence-electron chi connectivity index (χ2n) is 10.4. The zero-order valence-electron chi connectivity index (χ0n) is 23.4. The highest BCUT2D eigenvalue weighted by Crippen LogP contribution is 2.46. The van der Waals surface area contributed by atoms with Crippen LogP contribution in [0.15, 0.2) is 109 Å². The monoisotopic (exact) mass is 616 g/mol. The maximum Gasteiger partial charge on any atom is 0.417 e. The van der Waals surface area contributed by atoms with Crippen molar-refractivity contribution < 1.29 is 35.9 Å². The van der Waals surface area contributed by atoms with E-state index in [0.29, 0.717) is 12.0 Å². The molecule has 0 aliphatic rings. The van der Waals surface area contributed by atoms with Crippen LogP contribution in [-0.2, 0) is 17.1 Å². The van der Waals surface area contributed by atoms with Crippen molar-refractivity contribution in [3.05, 3.63) is 131 Å². The first-order chi connectivity index (χ1) is 21.4. The van der Waals surface area contributed by atoms with E-state index < -0.39 is 40.2 Å². The van der Waals surface area contributed by atoms with E-state index in [1.54, 1.807) is 43.3 Å². The van der Waals surface area contributed by atoms with E-state index >= 15 is 0 Å². The summed E-state index contributed by atoms with van der Waals surface area (Å²) in [6, 6.07) is 26.8. The van der Waals surface area contributed by atoms with Gasteiger partial charge in [-0.2, -0.15) is 26.3 Å². The van der Waals surface area contributed by atoms with E-state index in [1.807, 2.05) is 30.3 Å². The van der Waals surface area contributed by atoms with Crippen LogP contribution in [0.4, 0.5) is 32.0 Å². The van der Waals surface area contributed by atoms with Crippen molar-refractivity contribution >= 4 is 39.8 Å². The van der Waals surface area contributed by atoms with Gasteiger partial charge in [0.25, 0.3) is 5.91 Å². The molecule has 0 radical (unpaired) electrons. The normalized spacial score (nSPS) is 12.1. The predicted octanol–water partition coefficient (Wildman–Crippen LogP) is 9.60. The molecule has 0 spiro atoms. The Hall–Kier alpha value is -5.38. The van der Waals surface area contributed by atoms with Crippen molar-refractivity contribution in [1.29, 1.82) is 0 Å². The Morgan fingerprint density at radius 3 is 1.67 bits per heavy atom. The summed E-state index contributed by atoms with van der Waals surface area (Å²) < 4.78 is 86.7. The number of halogens is 6. The standard InChI is InChI=1S/C35H22F6N2O2/c1-21-8-5-13-27(30(21)33(45)42(20-44)24-18-16-23(17-19-24)22-9-3-2-4-10-22)43-28-14-6-11-25(34(36,37)38)31(28)32-26(35(39,40)41)12-7-15-29(32)43/h2-20H,1H3. The quantitative estimate of drug-likeness (QED) is 0.143. The summed E-state index contributed by atoms with van der Waals surface area (Å²) in [5.74, 6) is -0.806. The van der Waals surface area contributed by atoms with Crippen molar-refractivity contribution in [1.82, 2.24) is 4.57 Å². The molecule has 0 saturated heterocycles. The number of hydrogen-bond donors (Lipinski definition) is 0. The molecule has 0 aliphatic heterocycles. The van der Waals surface area contributed by atoms with Crippen LogP contribution >= 0.6 is 0 Å². The van der Waals surface area contributed by atoms with Crippen molar-refractivity contribution in [2.45, 2.75) is 19.3 Å². The third-order valence-electron chi connectivity index (χ3n) is 7.71. The summed E-state index contributed by atoms with van der Waals surface area (Å²) in [7, 11) is 0. The number of carbonyl (C=O) groups excluding carboxylic acids is 2. The second-order valence-corrected chi connectivity index (χ2v) is 10.4. The number of carbonyl (C=O) groups is 2. The van der Waals surface area contributed by atoms with Gasteiger partial charge in [-0.25, -0.2) is 4.90 Å². The Morgan fingerprint density at radius 1 is 0.644 bits per heavy atom. The van der Waals surface area contributed by atoms with Crippen LogP contribution in [-0.4, -0.2) is 16.9 Å². The molecule has 2 amide bonds. The number of fused-ring (bicyclic) bond motifs is 3. The van der Waals surface area contributed by atoms with Crippen molar-refractivity contribution in [3.8, 4) is 16.8 Å². The highest BCUT2D eigenvalue weighted by Gasteiger charge is 2.39. The van der Waals surface area contributed by atoms with Crippen molar-refractivity contribution in [3.63, 3.8) is 0 Å². The molecule has 6 rings (SSSR count). The van der Waals surface area contributed by atoms with E-state index in [0.717, 1.165) is 40.3 Å². The summed E-state index contributed by atoms with van der Waals surface area (Å²) in [4.78, 5) is 27.3. The molecule has 1 aromatic heterocycles. The van der Waals surface area contributed by atoms with E-state index in [2.05, 4.69) is 0 Å². The van der Waals surface area contributed by atoms with E-state index in [4.69, 9.17) is 0 Å². The van der Waals surface area contributed by atoms with Crippen LogP contribution in [0.3, 0.4) is 0 Å². The molecule has 0 unspecified atom stereocenters. The molecule has 6 aromatic rings. The number of rotatable bonds is 5. The first-order valence-electron chi connectivity index (χ1n) is 13.7. The fourth-order valence-electron chi connectivity index (χ4n) is 5.75. The fourth-order valence-corrected chi connectivity index (χ4v) is 5.75. The van der Waals surface area contributed by atoms with Gasteiger partial charge in [-0.15, -0.1) is 0 Å². The van der Waals surface area contributed by atoms with Gasteiger partial charge in [0.1, 0.15) is 0 Å². The number of nitrogens with zero attached hydrogens (tertiary/aromatic N) is 2. The Balaban J connectivity index is 1.59. The minimum atomic E-state index is -4.97. The minimum absolute atomic E-state index is 0.0198. The van der Waals surface area contributed by atoms with Gasteiger partial charge in [-0.05, 0) is 66.1 Å². The molecule has 0 aliphatic carbocycles. The number of alkyl halides is 6. The van der Waals surface area contributed by atoms with Crippen LogP contribution in [0.2, 0.25) is 0 Å². The van der Waals surface area contributed by atoms with Gasteiger partial charge in [0.2, 0.25) is 6.41 Å². The SMILES string of the molecule is Cc1cccc(-n2c3cccc(C(F)(F)F)c3c3c(C(F)(F)F)cccc32)c1C(=O)N(C=O)c1ccc(-c2ccccc2)cc1. The van der Waals surface area contributed by atoms with Crippen LogP contribution in [0.5, 0.6) is 0 Å². The molecule has 226 valence electrons. The lowest BCUT2D eigenvalue weighted by Crippen LogP contribution is -2.31. The summed E-state index contributed by atoms with van der Waals surface area (Å²) in [6.07, 6.45) is -9.61. The van der Waals surface area contributed by atoms with Crippen LogP contribution in [0, 0.1) is 6.92 Å². The lowest BCUT2D eigenvalue weighted by atomic mass is 10.0. The first-order valence-corrected chi connectivity index (χ1v) is 13.7. The molecule has 10 heteroatoms. The van der Waals surface area contributed by atoms with Crippen molar-refractivity contribution in [2.75, 3.05) is 4.90 Å². The average molecular weight is 617 g/mol. The molecule has 0 bridgehead atoms. The Bertz CT molecular complexity index is 2010. The zero-order valence-corrected chi connectivity index (χ0v) is 23.4. The summed E-state index contributed by atoms with van der Waals surface area (Å²) in [5, 5.41) is -1.28. The molecule has 0 N–H and O–H groups in total. The second kappa shape index (κ2) is 11.0. The van der Waals surface area contributed by atoms with Gasteiger partial charge in [0.05, 0.1) is 39.1 Å². The number of aryl methyl sites for hydroxylation is 1. The Labute approximate surface area is 252 Å².